The highest BCUT2D eigenvalue weighted by Crippen LogP contribution is 2.11. The van der Waals surface area contributed by atoms with Gasteiger partial charge in [-0.1, -0.05) is 37.0 Å². The number of alkyl halides is 1. The van der Waals surface area contributed by atoms with Gasteiger partial charge in [0.15, 0.2) is 0 Å². The fraction of sp³-hybridized carbons (Fsp3) is 0.533. The summed E-state index contributed by atoms with van der Waals surface area (Å²) in [6.45, 7) is 2.03. The number of unbranched alkanes of at least 4 members (excludes halogenated alkanes) is 4. The molecule has 1 rings (SSSR count). The van der Waals surface area contributed by atoms with Gasteiger partial charge in [-0.15, -0.1) is 11.6 Å². The van der Waals surface area contributed by atoms with Crippen molar-refractivity contribution in [3.63, 3.8) is 0 Å². The average molecular weight is 268 g/mol. The molecule has 0 aliphatic heterocycles. The number of aryl methyl sites for hydroxylation is 1. The van der Waals surface area contributed by atoms with Crippen LogP contribution in [0.3, 0.4) is 0 Å². The molecule has 0 aliphatic carbocycles. The van der Waals surface area contributed by atoms with Gasteiger partial charge in [0.1, 0.15) is 0 Å². The highest BCUT2D eigenvalue weighted by atomic mass is 35.5. The van der Waals surface area contributed by atoms with E-state index < -0.39 is 0 Å². The molecule has 1 aromatic rings. The van der Waals surface area contributed by atoms with Crippen LogP contribution in [0.25, 0.3) is 0 Å². The summed E-state index contributed by atoms with van der Waals surface area (Å²) in [5.41, 5.74) is 2.08. The smallest absolute Gasteiger partial charge is 0.224 e. The number of amides is 1. The van der Waals surface area contributed by atoms with Crippen molar-refractivity contribution < 1.29 is 4.79 Å². The maximum atomic E-state index is 11.7. The van der Waals surface area contributed by atoms with Crippen LogP contribution >= 0.6 is 11.6 Å². The molecule has 2 nitrogen and oxygen atoms in total. The second kappa shape index (κ2) is 8.98. The minimum absolute atomic E-state index is 0.108. The van der Waals surface area contributed by atoms with Gasteiger partial charge in [-0.25, -0.2) is 0 Å². The molecule has 0 atom stereocenters. The Morgan fingerprint density at radius 1 is 1.06 bits per heavy atom. The number of benzene rings is 1. The maximum absolute atomic E-state index is 11.7. The summed E-state index contributed by atoms with van der Waals surface area (Å²) in [4.78, 5) is 11.7. The summed E-state index contributed by atoms with van der Waals surface area (Å²) in [5.74, 6) is 0.852. The zero-order valence-corrected chi connectivity index (χ0v) is 11.8. The van der Waals surface area contributed by atoms with Gasteiger partial charge >= 0.3 is 0 Å². The minimum atomic E-state index is 0.108. The number of nitrogens with one attached hydrogen (secondary N) is 1. The molecule has 0 radical (unpaired) electrons. The molecule has 0 bridgehead atoms. The van der Waals surface area contributed by atoms with Gasteiger partial charge in [-0.05, 0) is 31.9 Å². The largest absolute Gasteiger partial charge is 0.326 e. The predicted octanol–water partition coefficient (Wildman–Crippen LogP) is 4.51. The van der Waals surface area contributed by atoms with E-state index in [1.165, 1.54) is 18.4 Å². The molecule has 0 saturated heterocycles. The molecular weight excluding hydrogens is 246 g/mol. The fourth-order valence-corrected chi connectivity index (χ4v) is 1.96. The van der Waals surface area contributed by atoms with Crippen LogP contribution in [-0.2, 0) is 4.79 Å². The van der Waals surface area contributed by atoms with Gasteiger partial charge in [-0.3, -0.25) is 4.79 Å². The summed E-state index contributed by atoms with van der Waals surface area (Å²) in [6.07, 6.45) is 6.09. The average Bonchev–Trinajstić information content (AvgIpc) is 2.36. The molecule has 1 aromatic carbocycles. The van der Waals surface area contributed by atoms with Gasteiger partial charge in [-0.2, -0.15) is 0 Å². The highest BCUT2D eigenvalue weighted by molar-refractivity contribution is 6.17. The van der Waals surface area contributed by atoms with Crippen molar-refractivity contribution in [2.24, 2.45) is 0 Å². The Balaban J connectivity index is 2.12. The van der Waals surface area contributed by atoms with Crippen molar-refractivity contribution in [1.29, 1.82) is 0 Å². The minimum Gasteiger partial charge on any atom is -0.326 e. The van der Waals surface area contributed by atoms with E-state index in [4.69, 9.17) is 11.6 Å². The Morgan fingerprint density at radius 3 is 2.33 bits per heavy atom. The van der Waals surface area contributed by atoms with Crippen LogP contribution in [0.15, 0.2) is 24.3 Å². The monoisotopic (exact) mass is 267 g/mol. The summed E-state index contributed by atoms with van der Waals surface area (Å²) in [6, 6.07) is 7.88. The third-order valence-electron chi connectivity index (χ3n) is 2.87. The number of hydrogen-bond acceptors (Lipinski definition) is 1. The molecular formula is C15H22ClNO. The molecule has 0 saturated carbocycles. The van der Waals surface area contributed by atoms with E-state index >= 15 is 0 Å². The van der Waals surface area contributed by atoms with Gasteiger partial charge in [0, 0.05) is 18.0 Å². The van der Waals surface area contributed by atoms with Crippen molar-refractivity contribution in [1.82, 2.24) is 0 Å². The van der Waals surface area contributed by atoms with E-state index in [0.717, 1.165) is 30.8 Å². The Kier molecular flexibility index (Phi) is 7.51. The van der Waals surface area contributed by atoms with Gasteiger partial charge in [0.2, 0.25) is 5.91 Å². The Labute approximate surface area is 115 Å². The van der Waals surface area contributed by atoms with Crippen LogP contribution in [0.5, 0.6) is 0 Å². The molecule has 1 amide bonds. The van der Waals surface area contributed by atoms with Crippen LogP contribution in [-0.4, -0.2) is 11.8 Å². The predicted molar refractivity (Wildman–Crippen MR) is 78.2 cm³/mol. The Morgan fingerprint density at radius 2 is 1.67 bits per heavy atom. The Bertz CT molecular complexity index is 348. The van der Waals surface area contributed by atoms with Crippen molar-refractivity contribution in [2.45, 2.75) is 45.4 Å². The third kappa shape index (κ3) is 6.65. The van der Waals surface area contributed by atoms with E-state index in [1.807, 2.05) is 31.2 Å². The Hall–Kier alpha value is -1.02. The maximum Gasteiger partial charge on any atom is 0.224 e. The third-order valence-corrected chi connectivity index (χ3v) is 3.14. The molecule has 0 unspecified atom stereocenters. The lowest BCUT2D eigenvalue weighted by Gasteiger charge is -2.05. The lowest BCUT2D eigenvalue weighted by molar-refractivity contribution is -0.116. The molecule has 100 valence electrons. The molecule has 0 heterocycles. The van der Waals surface area contributed by atoms with Crippen LogP contribution < -0.4 is 5.32 Å². The standard InChI is InChI=1S/C15H22ClNO/c1-13-8-10-14(11-9-13)17-15(18)7-5-3-2-4-6-12-16/h8-11H,2-7,12H2,1H3,(H,17,18). The number of carbonyl (C=O) groups is 1. The lowest BCUT2D eigenvalue weighted by Crippen LogP contribution is -2.10. The van der Waals surface area contributed by atoms with E-state index in [9.17, 15) is 4.79 Å². The van der Waals surface area contributed by atoms with Crippen molar-refractivity contribution >= 4 is 23.2 Å². The first kappa shape index (κ1) is 15.0. The number of rotatable bonds is 8. The zero-order valence-electron chi connectivity index (χ0n) is 11.0. The number of halogens is 1. The first-order chi connectivity index (χ1) is 8.72. The highest BCUT2D eigenvalue weighted by Gasteiger charge is 2.01. The fourth-order valence-electron chi connectivity index (χ4n) is 1.77. The van der Waals surface area contributed by atoms with Crippen molar-refractivity contribution in [3.05, 3.63) is 29.8 Å². The molecule has 0 spiro atoms. The van der Waals surface area contributed by atoms with Crippen LogP contribution in [0.1, 0.15) is 44.1 Å². The van der Waals surface area contributed by atoms with E-state index in [1.54, 1.807) is 0 Å². The first-order valence-corrected chi connectivity index (χ1v) is 7.18. The van der Waals surface area contributed by atoms with Gasteiger partial charge in [0.05, 0.1) is 0 Å². The summed E-state index contributed by atoms with van der Waals surface area (Å²) in [7, 11) is 0. The molecule has 1 N–H and O–H groups in total. The molecule has 0 aliphatic rings. The number of hydrogen-bond donors (Lipinski definition) is 1. The van der Waals surface area contributed by atoms with Crippen molar-refractivity contribution in [3.8, 4) is 0 Å². The topological polar surface area (TPSA) is 29.1 Å². The summed E-state index contributed by atoms with van der Waals surface area (Å²) >= 11 is 5.60. The second-order valence-electron chi connectivity index (χ2n) is 4.62. The summed E-state index contributed by atoms with van der Waals surface area (Å²) in [5, 5.41) is 2.91. The van der Waals surface area contributed by atoms with Crippen LogP contribution in [0, 0.1) is 6.92 Å². The quantitative estimate of drug-likeness (QED) is 0.545. The van der Waals surface area contributed by atoms with Gasteiger partial charge in [0.25, 0.3) is 0 Å². The molecule has 0 aromatic heterocycles. The van der Waals surface area contributed by atoms with Crippen molar-refractivity contribution in [2.75, 3.05) is 11.2 Å². The molecule has 0 fully saturated rings. The van der Waals surface area contributed by atoms with Crippen LogP contribution in [0.4, 0.5) is 5.69 Å². The van der Waals surface area contributed by atoms with E-state index in [-0.39, 0.29) is 5.91 Å². The van der Waals surface area contributed by atoms with E-state index in [0.29, 0.717) is 6.42 Å². The lowest BCUT2D eigenvalue weighted by atomic mass is 10.1. The molecule has 3 heteroatoms. The second-order valence-corrected chi connectivity index (χ2v) is 5.00. The van der Waals surface area contributed by atoms with Gasteiger partial charge < -0.3 is 5.32 Å². The van der Waals surface area contributed by atoms with E-state index in [2.05, 4.69) is 5.32 Å². The SMILES string of the molecule is Cc1ccc(NC(=O)CCCCCCCCl)cc1. The van der Waals surface area contributed by atoms with Crippen LogP contribution in [0.2, 0.25) is 0 Å². The molecule has 18 heavy (non-hydrogen) atoms. The summed E-state index contributed by atoms with van der Waals surface area (Å²) < 4.78 is 0. The number of anilines is 1. The number of carbonyl (C=O) groups excluding carboxylic acids is 1. The first-order valence-electron chi connectivity index (χ1n) is 6.65. The normalized spacial score (nSPS) is 10.3. The zero-order chi connectivity index (χ0) is 13.2.